The first kappa shape index (κ1) is 15.0. The van der Waals surface area contributed by atoms with Crippen LogP contribution in [-0.4, -0.2) is 37.6 Å². The zero-order valence-corrected chi connectivity index (χ0v) is 13.1. The Bertz CT molecular complexity index is 816. The van der Waals surface area contributed by atoms with Gasteiger partial charge in [-0.05, 0) is 23.8 Å². The number of halogens is 1. The summed E-state index contributed by atoms with van der Waals surface area (Å²) in [5.74, 6) is 0.399. The first-order valence-electron chi connectivity index (χ1n) is 7.93. The lowest BCUT2D eigenvalue weighted by molar-refractivity contribution is 0.250. The molecule has 0 unspecified atom stereocenters. The largest absolute Gasteiger partial charge is 0.394 e. The molecule has 0 bridgehead atoms. The predicted molar refractivity (Wildman–Crippen MR) is 86.8 cm³/mol. The van der Waals surface area contributed by atoms with Gasteiger partial charge in [-0.2, -0.15) is 5.10 Å². The van der Waals surface area contributed by atoms with E-state index in [4.69, 9.17) is 0 Å². The van der Waals surface area contributed by atoms with Gasteiger partial charge < -0.3 is 15.0 Å². The molecule has 0 saturated heterocycles. The van der Waals surface area contributed by atoms with Crippen molar-refractivity contribution in [3.05, 3.63) is 59.8 Å². The van der Waals surface area contributed by atoms with Gasteiger partial charge in [0.2, 0.25) is 0 Å². The van der Waals surface area contributed by atoms with E-state index in [0.29, 0.717) is 5.82 Å². The Labute approximate surface area is 138 Å². The second-order valence-electron chi connectivity index (χ2n) is 5.83. The maximum atomic E-state index is 13.2. The van der Waals surface area contributed by atoms with Gasteiger partial charge in [0.1, 0.15) is 11.5 Å². The fourth-order valence-electron chi connectivity index (χ4n) is 3.10. The van der Waals surface area contributed by atoms with Crippen molar-refractivity contribution in [2.24, 2.45) is 0 Å². The smallest absolute Gasteiger partial charge is 0.161 e. The SMILES string of the molecule is OC[C@H](c1ccc(F)cc1)n1ccnc1-c1cc2n(n1)CCNC2. The Balaban J connectivity index is 1.73. The number of benzene rings is 1. The quantitative estimate of drug-likeness (QED) is 0.763. The van der Waals surface area contributed by atoms with Crippen molar-refractivity contribution < 1.29 is 9.50 Å². The first-order valence-corrected chi connectivity index (χ1v) is 7.93. The fraction of sp³-hybridized carbons (Fsp3) is 0.294. The summed E-state index contributed by atoms with van der Waals surface area (Å²) >= 11 is 0. The standard InChI is InChI=1S/C17H18FN5O/c18-13-3-1-12(2-4-13)16(11-24)22-7-6-20-17(22)15-9-14-10-19-5-8-23(14)21-15/h1-4,6-7,9,16,19,24H,5,8,10-11H2/t16-/m1/s1. The molecule has 0 spiro atoms. The lowest BCUT2D eigenvalue weighted by atomic mass is 10.1. The third-order valence-corrected chi connectivity index (χ3v) is 4.33. The highest BCUT2D eigenvalue weighted by Crippen LogP contribution is 2.26. The number of imidazole rings is 1. The zero-order valence-electron chi connectivity index (χ0n) is 13.1. The van der Waals surface area contributed by atoms with Gasteiger partial charge in [-0.3, -0.25) is 4.68 Å². The van der Waals surface area contributed by atoms with Crippen LogP contribution in [0.5, 0.6) is 0 Å². The molecule has 1 aliphatic heterocycles. The van der Waals surface area contributed by atoms with Gasteiger partial charge in [-0.15, -0.1) is 0 Å². The van der Waals surface area contributed by atoms with Crippen LogP contribution in [0.25, 0.3) is 11.5 Å². The van der Waals surface area contributed by atoms with Crippen molar-refractivity contribution >= 4 is 0 Å². The molecule has 1 aliphatic rings. The van der Waals surface area contributed by atoms with Crippen molar-refractivity contribution in [2.75, 3.05) is 13.2 Å². The molecule has 6 nitrogen and oxygen atoms in total. The molecule has 0 radical (unpaired) electrons. The number of aliphatic hydroxyl groups is 1. The van der Waals surface area contributed by atoms with Crippen LogP contribution >= 0.6 is 0 Å². The molecule has 3 heterocycles. The average molecular weight is 327 g/mol. The third kappa shape index (κ3) is 2.61. The van der Waals surface area contributed by atoms with Crippen LogP contribution < -0.4 is 5.32 Å². The van der Waals surface area contributed by atoms with Crippen molar-refractivity contribution in [2.45, 2.75) is 19.1 Å². The van der Waals surface area contributed by atoms with Crippen molar-refractivity contribution in [1.82, 2.24) is 24.6 Å². The number of hydrogen-bond donors (Lipinski definition) is 2. The summed E-state index contributed by atoms with van der Waals surface area (Å²) < 4.78 is 17.0. The molecule has 0 fully saturated rings. The first-order chi connectivity index (χ1) is 11.8. The second-order valence-corrected chi connectivity index (χ2v) is 5.83. The number of aliphatic hydroxyl groups excluding tert-OH is 1. The minimum absolute atomic E-state index is 0.107. The van der Waals surface area contributed by atoms with Crippen molar-refractivity contribution in [1.29, 1.82) is 0 Å². The molecular formula is C17H18FN5O. The molecule has 1 aromatic carbocycles. The Morgan fingerprint density at radius 2 is 2.12 bits per heavy atom. The van der Waals surface area contributed by atoms with Crippen LogP contribution in [0.2, 0.25) is 0 Å². The maximum absolute atomic E-state index is 13.2. The topological polar surface area (TPSA) is 67.9 Å². The summed E-state index contributed by atoms with van der Waals surface area (Å²) in [6.07, 6.45) is 3.51. The van der Waals surface area contributed by atoms with E-state index in [1.807, 2.05) is 21.5 Å². The highest BCUT2D eigenvalue weighted by Gasteiger charge is 2.20. The van der Waals surface area contributed by atoms with E-state index in [9.17, 15) is 9.50 Å². The van der Waals surface area contributed by atoms with E-state index in [1.165, 1.54) is 12.1 Å². The van der Waals surface area contributed by atoms with E-state index in [2.05, 4.69) is 15.4 Å². The monoisotopic (exact) mass is 327 g/mol. The van der Waals surface area contributed by atoms with Gasteiger partial charge in [0.05, 0.1) is 24.9 Å². The van der Waals surface area contributed by atoms with Crippen LogP contribution in [0.15, 0.2) is 42.7 Å². The van der Waals surface area contributed by atoms with E-state index in [1.54, 1.807) is 18.3 Å². The second kappa shape index (κ2) is 6.18. The van der Waals surface area contributed by atoms with Gasteiger partial charge in [-0.1, -0.05) is 12.1 Å². The summed E-state index contributed by atoms with van der Waals surface area (Å²) in [7, 11) is 0. The lowest BCUT2D eigenvalue weighted by Gasteiger charge is -2.18. The molecule has 2 N–H and O–H groups in total. The van der Waals surface area contributed by atoms with Gasteiger partial charge in [0.15, 0.2) is 5.82 Å². The molecular weight excluding hydrogens is 309 g/mol. The summed E-state index contributed by atoms with van der Waals surface area (Å²) in [4.78, 5) is 4.42. The zero-order chi connectivity index (χ0) is 16.5. The van der Waals surface area contributed by atoms with Gasteiger partial charge in [0.25, 0.3) is 0 Å². The Morgan fingerprint density at radius 3 is 2.88 bits per heavy atom. The van der Waals surface area contributed by atoms with E-state index < -0.39 is 0 Å². The van der Waals surface area contributed by atoms with Crippen LogP contribution in [0, 0.1) is 5.82 Å². The summed E-state index contributed by atoms with van der Waals surface area (Å²) in [5.41, 5.74) is 2.72. The molecule has 2 aromatic heterocycles. The van der Waals surface area contributed by atoms with E-state index >= 15 is 0 Å². The number of nitrogens with zero attached hydrogens (tertiary/aromatic N) is 4. The molecule has 24 heavy (non-hydrogen) atoms. The van der Waals surface area contributed by atoms with Gasteiger partial charge >= 0.3 is 0 Å². The van der Waals surface area contributed by atoms with Crippen LogP contribution in [-0.2, 0) is 13.1 Å². The summed E-state index contributed by atoms with van der Waals surface area (Å²) in [6.45, 7) is 2.41. The molecule has 0 saturated carbocycles. The summed E-state index contributed by atoms with van der Waals surface area (Å²) in [6, 6.07) is 7.85. The average Bonchev–Trinajstić information content (AvgIpc) is 3.23. The highest BCUT2D eigenvalue weighted by atomic mass is 19.1. The maximum Gasteiger partial charge on any atom is 0.161 e. The Morgan fingerprint density at radius 1 is 1.29 bits per heavy atom. The molecule has 124 valence electrons. The number of aromatic nitrogens is 4. The van der Waals surface area contributed by atoms with E-state index in [0.717, 1.165) is 36.6 Å². The Hall–Kier alpha value is -2.51. The molecule has 0 amide bonds. The number of fused-ring (bicyclic) bond motifs is 1. The molecule has 1 atom stereocenters. The fourth-order valence-corrected chi connectivity index (χ4v) is 3.10. The minimum Gasteiger partial charge on any atom is -0.394 e. The summed E-state index contributed by atoms with van der Waals surface area (Å²) in [5, 5.41) is 17.8. The predicted octanol–water partition coefficient (Wildman–Crippen LogP) is 1.57. The Kier molecular flexibility index (Phi) is 3.87. The van der Waals surface area contributed by atoms with Crippen LogP contribution in [0.1, 0.15) is 17.3 Å². The normalized spacial score (nSPS) is 15.2. The van der Waals surface area contributed by atoms with Gasteiger partial charge in [0, 0.05) is 25.5 Å². The number of hydrogen-bond acceptors (Lipinski definition) is 4. The molecule has 3 aromatic rings. The molecule has 0 aliphatic carbocycles. The van der Waals surface area contributed by atoms with E-state index in [-0.39, 0.29) is 18.5 Å². The third-order valence-electron chi connectivity index (χ3n) is 4.33. The van der Waals surface area contributed by atoms with Gasteiger partial charge in [-0.25, -0.2) is 9.37 Å². The minimum atomic E-state index is -0.333. The molecule has 7 heteroatoms. The van der Waals surface area contributed by atoms with Crippen molar-refractivity contribution in [3.8, 4) is 11.5 Å². The number of nitrogens with one attached hydrogen (secondary N) is 1. The number of rotatable bonds is 4. The lowest BCUT2D eigenvalue weighted by Crippen LogP contribution is -2.28. The highest BCUT2D eigenvalue weighted by molar-refractivity contribution is 5.51. The van der Waals surface area contributed by atoms with Crippen molar-refractivity contribution in [3.63, 3.8) is 0 Å². The van der Waals surface area contributed by atoms with Crippen LogP contribution in [0.3, 0.4) is 0 Å². The molecule has 4 rings (SSSR count). The van der Waals surface area contributed by atoms with Crippen LogP contribution in [0.4, 0.5) is 4.39 Å².